The Morgan fingerprint density at radius 3 is 2.55 bits per heavy atom. The number of fused-ring (bicyclic) bond motifs is 1. The molecule has 0 aliphatic carbocycles. The summed E-state index contributed by atoms with van der Waals surface area (Å²) in [7, 11) is 1.50. The number of nitrogens with two attached hydrogens (primary N) is 1. The summed E-state index contributed by atoms with van der Waals surface area (Å²) < 4.78 is 1.84. The zero-order valence-electron chi connectivity index (χ0n) is 10.8. The molecule has 2 aromatic heterocycles. The minimum atomic E-state index is -0.419. The summed E-state index contributed by atoms with van der Waals surface area (Å²) in [6.07, 6.45) is 5.06. The average molecular weight is 271 g/mol. The standard InChI is InChI=1S/C12H8N4O2.CH5N/c17-16(18)10-3-1-9(2-4-10)15-8-14-11-5-6-13-7-12(11)15;1-2/h1-8H;2H2,1H3. The van der Waals surface area contributed by atoms with E-state index in [0.29, 0.717) is 0 Å². The molecular weight excluding hydrogens is 258 g/mol. The van der Waals surface area contributed by atoms with Crippen LogP contribution in [0.2, 0.25) is 0 Å². The lowest BCUT2D eigenvalue weighted by Crippen LogP contribution is -1.93. The molecule has 0 saturated carbocycles. The minimum Gasteiger partial charge on any atom is -0.333 e. The predicted octanol–water partition coefficient (Wildman–Crippen LogP) is 1.90. The summed E-state index contributed by atoms with van der Waals surface area (Å²) >= 11 is 0. The molecule has 7 heteroatoms. The number of pyridine rings is 1. The van der Waals surface area contributed by atoms with Gasteiger partial charge < -0.3 is 5.73 Å². The molecule has 0 saturated heterocycles. The van der Waals surface area contributed by atoms with Crippen LogP contribution in [0.5, 0.6) is 0 Å². The Labute approximate surface area is 114 Å². The van der Waals surface area contributed by atoms with Crippen molar-refractivity contribution in [1.82, 2.24) is 14.5 Å². The van der Waals surface area contributed by atoms with Crippen molar-refractivity contribution < 1.29 is 4.92 Å². The van der Waals surface area contributed by atoms with Crippen molar-refractivity contribution in [2.75, 3.05) is 7.05 Å². The number of hydrogen-bond acceptors (Lipinski definition) is 5. The summed E-state index contributed by atoms with van der Waals surface area (Å²) in [5.74, 6) is 0. The van der Waals surface area contributed by atoms with Crippen molar-refractivity contribution >= 4 is 16.7 Å². The fourth-order valence-electron chi connectivity index (χ4n) is 1.80. The van der Waals surface area contributed by atoms with Gasteiger partial charge in [0, 0.05) is 24.0 Å². The largest absolute Gasteiger partial charge is 0.333 e. The molecule has 20 heavy (non-hydrogen) atoms. The third-order valence-corrected chi connectivity index (χ3v) is 2.69. The highest BCUT2D eigenvalue weighted by Crippen LogP contribution is 2.19. The van der Waals surface area contributed by atoms with Gasteiger partial charge in [-0.2, -0.15) is 0 Å². The van der Waals surface area contributed by atoms with E-state index in [1.165, 1.54) is 19.2 Å². The van der Waals surface area contributed by atoms with Crippen LogP contribution in [0.1, 0.15) is 0 Å². The Bertz CT molecular complexity index is 721. The molecule has 7 nitrogen and oxygen atoms in total. The zero-order chi connectivity index (χ0) is 14.5. The predicted molar refractivity (Wildman–Crippen MR) is 75.6 cm³/mol. The first-order valence-corrected chi connectivity index (χ1v) is 5.85. The molecule has 0 spiro atoms. The van der Waals surface area contributed by atoms with Gasteiger partial charge in [0.1, 0.15) is 6.33 Å². The maximum atomic E-state index is 10.6. The van der Waals surface area contributed by atoms with Crippen LogP contribution in [0.4, 0.5) is 5.69 Å². The van der Waals surface area contributed by atoms with Crippen molar-refractivity contribution in [3.63, 3.8) is 0 Å². The van der Waals surface area contributed by atoms with Crippen LogP contribution in [0.3, 0.4) is 0 Å². The molecule has 0 unspecified atom stereocenters. The number of imidazole rings is 1. The summed E-state index contributed by atoms with van der Waals surface area (Å²) in [6.45, 7) is 0. The first-order valence-electron chi connectivity index (χ1n) is 5.85. The Hall–Kier alpha value is -2.80. The van der Waals surface area contributed by atoms with Gasteiger partial charge in [0.2, 0.25) is 0 Å². The maximum absolute atomic E-state index is 10.6. The zero-order valence-corrected chi connectivity index (χ0v) is 10.8. The van der Waals surface area contributed by atoms with Crippen molar-refractivity contribution in [3.05, 3.63) is 59.2 Å². The van der Waals surface area contributed by atoms with Gasteiger partial charge in [-0.25, -0.2) is 4.98 Å². The third kappa shape index (κ3) is 2.47. The fourth-order valence-corrected chi connectivity index (χ4v) is 1.80. The van der Waals surface area contributed by atoms with Crippen LogP contribution < -0.4 is 5.73 Å². The molecular formula is C13H13N5O2. The smallest absolute Gasteiger partial charge is 0.269 e. The highest BCUT2D eigenvalue weighted by molar-refractivity contribution is 5.76. The van der Waals surface area contributed by atoms with Crippen molar-refractivity contribution in [1.29, 1.82) is 0 Å². The summed E-state index contributed by atoms with van der Waals surface area (Å²) in [5, 5.41) is 10.6. The van der Waals surface area contributed by atoms with Crippen LogP contribution in [0, 0.1) is 10.1 Å². The van der Waals surface area contributed by atoms with Gasteiger partial charge in [-0.15, -0.1) is 0 Å². The molecule has 0 amide bonds. The maximum Gasteiger partial charge on any atom is 0.269 e. The number of aromatic nitrogens is 3. The van der Waals surface area contributed by atoms with Gasteiger partial charge in [0.05, 0.1) is 22.2 Å². The van der Waals surface area contributed by atoms with Gasteiger partial charge >= 0.3 is 0 Å². The third-order valence-electron chi connectivity index (χ3n) is 2.69. The minimum absolute atomic E-state index is 0.0706. The first kappa shape index (κ1) is 13.6. The highest BCUT2D eigenvalue weighted by atomic mass is 16.6. The van der Waals surface area contributed by atoms with E-state index in [9.17, 15) is 10.1 Å². The van der Waals surface area contributed by atoms with Crippen LogP contribution >= 0.6 is 0 Å². The topological polar surface area (TPSA) is 99.9 Å². The SMILES string of the molecule is CN.O=[N+]([O-])c1ccc(-n2cnc3ccncc32)cc1. The number of nitrogens with zero attached hydrogens (tertiary/aromatic N) is 4. The molecule has 2 N–H and O–H groups in total. The number of hydrogen-bond donors (Lipinski definition) is 1. The normalized spacial score (nSPS) is 9.90. The molecule has 0 aliphatic heterocycles. The Morgan fingerprint density at radius 2 is 1.90 bits per heavy atom. The Balaban J connectivity index is 0.000000704. The van der Waals surface area contributed by atoms with Crippen LogP contribution in [-0.4, -0.2) is 26.5 Å². The number of rotatable bonds is 2. The summed E-state index contributed by atoms with van der Waals surface area (Å²) in [6, 6.07) is 8.13. The number of benzene rings is 1. The quantitative estimate of drug-likeness (QED) is 0.566. The van der Waals surface area contributed by atoms with E-state index in [2.05, 4.69) is 15.7 Å². The average Bonchev–Trinajstić information content (AvgIpc) is 2.93. The van der Waals surface area contributed by atoms with Crippen molar-refractivity contribution in [3.8, 4) is 5.69 Å². The van der Waals surface area contributed by atoms with E-state index < -0.39 is 4.92 Å². The molecule has 0 aliphatic rings. The molecule has 0 radical (unpaired) electrons. The second kappa shape index (κ2) is 5.89. The van der Waals surface area contributed by atoms with Crippen LogP contribution in [-0.2, 0) is 0 Å². The van der Waals surface area contributed by atoms with E-state index >= 15 is 0 Å². The second-order valence-electron chi connectivity index (χ2n) is 3.75. The molecule has 0 atom stereocenters. The lowest BCUT2D eigenvalue weighted by atomic mass is 10.3. The summed E-state index contributed by atoms with van der Waals surface area (Å²) in [4.78, 5) is 18.5. The van der Waals surface area contributed by atoms with E-state index in [0.717, 1.165) is 16.7 Å². The monoisotopic (exact) mass is 271 g/mol. The first-order chi connectivity index (χ1) is 9.75. The number of nitro benzene ring substituents is 1. The molecule has 3 rings (SSSR count). The van der Waals surface area contributed by atoms with Crippen molar-refractivity contribution in [2.45, 2.75) is 0 Å². The fraction of sp³-hybridized carbons (Fsp3) is 0.0769. The molecule has 2 heterocycles. The van der Waals surface area contributed by atoms with Gasteiger partial charge in [0.15, 0.2) is 0 Å². The molecule has 1 aromatic carbocycles. The number of non-ortho nitro benzene ring substituents is 1. The highest BCUT2D eigenvalue weighted by Gasteiger charge is 2.07. The van der Waals surface area contributed by atoms with Crippen LogP contribution in [0.25, 0.3) is 16.7 Å². The lowest BCUT2D eigenvalue weighted by molar-refractivity contribution is -0.384. The van der Waals surface area contributed by atoms with Gasteiger partial charge in [-0.3, -0.25) is 19.7 Å². The van der Waals surface area contributed by atoms with Crippen molar-refractivity contribution in [2.24, 2.45) is 5.73 Å². The van der Waals surface area contributed by atoms with Gasteiger partial charge in [0.25, 0.3) is 5.69 Å². The summed E-state index contributed by atoms with van der Waals surface area (Å²) in [5.41, 5.74) is 7.09. The Kier molecular flexibility index (Phi) is 4.02. The Morgan fingerprint density at radius 1 is 1.20 bits per heavy atom. The van der Waals surface area contributed by atoms with E-state index in [1.54, 1.807) is 30.9 Å². The molecule has 3 aromatic rings. The van der Waals surface area contributed by atoms with Gasteiger partial charge in [-0.1, -0.05) is 0 Å². The molecule has 0 fully saturated rings. The lowest BCUT2D eigenvalue weighted by Gasteiger charge is -2.02. The number of nitro groups is 1. The molecule has 102 valence electrons. The van der Waals surface area contributed by atoms with E-state index in [-0.39, 0.29) is 5.69 Å². The molecule has 0 bridgehead atoms. The van der Waals surface area contributed by atoms with Gasteiger partial charge in [-0.05, 0) is 25.2 Å². The van der Waals surface area contributed by atoms with Crippen LogP contribution in [0.15, 0.2) is 49.1 Å². The van der Waals surface area contributed by atoms with E-state index in [1.807, 2.05) is 10.6 Å². The van der Waals surface area contributed by atoms with E-state index in [4.69, 9.17) is 0 Å². The second-order valence-corrected chi connectivity index (χ2v) is 3.75.